The van der Waals surface area contributed by atoms with Gasteiger partial charge in [-0.2, -0.15) is 0 Å². The number of hydrogen-bond acceptors (Lipinski definition) is 2. The van der Waals surface area contributed by atoms with Crippen molar-refractivity contribution >= 4 is 11.3 Å². The van der Waals surface area contributed by atoms with Crippen molar-refractivity contribution in [3.8, 4) is 0 Å². The van der Waals surface area contributed by atoms with Crippen LogP contribution in [0.4, 0.5) is 8.78 Å². The number of rotatable bonds is 2. The van der Waals surface area contributed by atoms with Crippen LogP contribution in [0.3, 0.4) is 0 Å². The zero-order valence-corrected chi connectivity index (χ0v) is 10.3. The minimum absolute atomic E-state index is 0.0151. The predicted octanol–water partition coefficient (Wildman–Crippen LogP) is 3.72. The third-order valence-corrected chi connectivity index (χ3v) is 3.79. The SMILES string of the molecule is Cc1cc(F)c(C(O)c2sccc2C)cc1F. The number of aliphatic hydroxyl groups excluding tert-OH is 1. The Bertz CT molecular complexity index is 548. The summed E-state index contributed by atoms with van der Waals surface area (Å²) in [7, 11) is 0. The third kappa shape index (κ3) is 2.23. The Balaban J connectivity index is 2.48. The monoisotopic (exact) mass is 254 g/mol. The largest absolute Gasteiger partial charge is 0.383 e. The van der Waals surface area contributed by atoms with E-state index < -0.39 is 17.7 Å². The van der Waals surface area contributed by atoms with Crippen LogP contribution in [0.5, 0.6) is 0 Å². The lowest BCUT2D eigenvalue weighted by Crippen LogP contribution is -2.03. The summed E-state index contributed by atoms with van der Waals surface area (Å²) in [4.78, 5) is 0.646. The summed E-state index contributed by atoms with van der Waals surface area (Å²) in [5.41, 5.74) is 1.10. The third-order valence-electron chi connectivity index (χ3n) is 2.72. The highest BCUT2D eigenvalue weighted by atomic mass is 32.1. The maximum atomic E-state index is 13.7. The van der Waals surface area contributed by atoms with Gasteiger partial charge in [-0.3, -0.25) is 0 Å². The second-order valence-corrected chi connectivity index (χ2v) is 4.94. The number of aliphatic hydroxyl groups is 1. The fourth-order valence-corrected chi connectivity index (χ4v) is 2.61. The average Bonchev–Trinajstić information content (AvgIpc) is 2.69. The second-order valence-electron chi connectivity index (χ2n) is 3.99. The van der Waals surface area contributed by atoms with Gasteiger partial charge in [-0.05, 0) is 48.6 Å². The molecule has 2 aromatic rings. The van der Waals surface area contributed by atoms with Gasteiger partial charge < -0.3 is 5.11 Å². The van der Waals surface area contributed by atoms with Gasteiger partial charge in [-0.1, -0.05) is 0 Å². The minimum atomic E-state index is -1.11. The van der Waals surface area contributed by atoms with Crippen molar-refractivity contribution in [1.29, 1.82) is 0 Å². The second kappa shape index (κ2) is 4.55. The van der Waals surface area contributed by atoms with E-state index in [1.54, 1.807) is 0 Å². The van der Waals surface area contributed by atoms with Crippen LogP contribution < -0.4 is 0 Å². The van der Waals surface area contributed by atoms with Gasteiger partial charge in [0.2, 0.25) is 0 Å². The summed E-state index contributed by atoms with van der Waals surface area (Å²) in [5.74, 6) is -1.08. The van der Waals surface area contributed by atoms with Crippen molar-refractivity contribution in [3.63, 3.8) is 0 Å². The van der Waals surface area contributed by atoms with E-state index in [0.29, 0.717) is 4.88 Å². The van der Waals surface area contributed by atoms with Crippen molar-refractivity contribution in [3.05, 3.63) is 56.8 Å². The lowest BCUT2D eigenvalue weighted by Gasteiger charge is -2.12. The normalized spacial score (nSPS) is 12.8. The van der Waals surface area contributed by atoms with Crippen LogP contribution in [0.25, 0.3) is 0 Å². The van der Waals surface area contributed by atoms with E-state index in [0.717, 1.165) is 17.7 Å². The summed E-state index contributed by atoms with van der Waals surface area (Å²) in [5, 5.41) is 11.9. The molecule has 90 valence electrons. The zero-order chi connectivity index (χ0) is 12.6. The van der Waals surface area contributed by atoms with Gasteiger partial charge in [0.25, 0.3) is 0 Å². The molecule has 0 fully saturated rings. The van der Waals surface area contributed by atoms with E-state index in [-0.39, 0.29) is 11.1 Å². The number of aryl methyl sites for hydroxylation is 2. The average molecular weight is 254 g/mol. The molecule has 0 amide bonds. The molecule has 0 spiro atoms. The summed E-state index contributed by atoms with van der Waals surface area (Å²) < 4.78 is 27.1. The number of hydrogen-bond donors (Lipinski definition) is 1. The molecule has 1 heterocycles. The van der Waals surface area contributed by atoms with E-state index >= 15 is 0 Å². The number of thiophene rings is 1. The Labute approximate surface area is 102 Å². The van der Waals surface area contributed by atoms with Crippen molar-refractivity contribution in [2.75, 3.05) is 0 Å². The standard InChI is InChI=1S/C13H12F2OS/c1-7-3-4-17-13(7)12(16)9-6-10(14)8(2)5-11(9)15/h3-6,12,16H,1-2H3. The molecule has 1 aromatic heterocycles. The molecule has 0 aliphatic carbocycles. The molecule has 0 bridgehead atoms. The maximum Gasteiger partial charge on any atom is 0.129 e. The molecule has 0 radical (unpaired) electrons. The molecule has 1 aromatic carbocycles. The first-order valence-electron chi connectivity index (χ1n) is 5.18. The van der Waals surface area contributed by atoms with Crippen LogP contribution in [-0.2, 0) is 0 Å². The number of benzene rings is 1. The fraction of sp³-hybridized carbons (Fsp3) is 0.231. The Kier molecular flexibility index (Phi) is 3.26. The molecule has 0 aliphatic heterocycles. The first kappa shape index (κ1) is 12.2. The summed E-state index contributed by atoms with van der Waals surface area (Å²) in [6.07, 6.45) is -1.11. The lowest BCUT2D eigenvalue weighted by atomic mass is 10.0. The predicted molar refractivity (Wildman–Crippen MR) is 64.2 cm³/mol. The summed E-state index contributed by atoms with van der Waals surface area (Å²) in [6, 6.07) is 4.01. The van der Waals surface area contributed by atoms with Crippen LogP contribution in [-0.4, -0.2) is 5.11 Å². The Hall–Kier alpha value is -1.26. The van der Waals surface area contributed by atoms with Crippen LogP contribution in [0.1, 0.15) is 27.7 Å². The molecule has 17 heavy (non-hydrogen) atoms. The fourth-order valence-electron chi connectivity index (χ4n) is 1.68. The molecule has 0 saturated heterocycles. The van der Waals surface area contributed by atoms with Crippen molar-refractivity contribution in [2.24, 2.45) is 0 Å². The van der Waals surface area contributed by atoms with Crippen LogP contribution in [0.15, 0.2) is 23.6 Å². The van der Waals surface area contributed by atoms with Crippen LogP contribution >= 0.6 is 11.3 Å². The van der Waals surface area contributed by atoms with Gasteiger partial charge in [0.15, 0.2) is 0 Å². The van der Waals surface area contributed by atoms with Crippen LogP contribution in [0.2, 0.25) is 0 Å². The zero-order valence-electron chi connectivity index (χ0n) is 9.50. The molecule has 0 saturated carbocycles. The Morgan fingerprint density at radius 3 is 2.41 bits per heavy atom. The molecular formula is C13H12F2OS. The highest BCUT2D eigenvalue weighted by molar-refractivity contribution is 7.10. The Morgan fingerprint density at radius 1 is 1.12 bits per heavy atom. The van der Waals surface area contributed by atoms with Gasteiger partial charge in [0, 0.05) is 10.4 Å². The Morgan fingerprint density at radius 2 is 1.82 bits per heavy atom. The van der Waals surface area contributed by atoms with E-state index in [9.17, 15) is 13.9 Å². The summed E-state index contributed by atoms with van der Waals surface area (Å²) in [6.45, 7) is 3.32. The quantitative estimate of drug-likeness (QED) is 0.866. The molecule has 2 rings (SSSR count). The van der Waals surface area contributed by atoms with E-state index in [1.165, 1.54) is 18.3 Å². The molecule has 1 unspecified atom stereocenters. The van der Waals surface area contributed by atoms with Gasteiger partial charge in [-0.15, -0.1) is 11.3 Å². The van der Waals surface area contributed by atoms with Crippen molar-refractivity contribution in [2.45, 2.75) is 20.0 Å². The molecule has 1 atom stereocenters. The van der Waals surface area contributed by atoms with Crippen molar-refractivity contribution in [1.82, 2.24) is 0 Å². The minimum Gasteiger partial charge on any atom is -0.383 e. The maximum absolute atomic E-state index is 13.7. The molecule has 1 N–H and O–H groups in total. The van der Waals surface area contributed by atoms with Crippen LogP contribution in [0, 0.1) is 25.5 Å². The van der Waals surface area contributed by atoms with Gasteiger partial charge in [-0.25, -0.2) is 8.78 Å². The summed E-state index contributed by atoms with van der Waals surface area (Å²) >= 11 is 1.33. The van der Waals surface area contributed by atoms with E-state index in [4.69, 9.17) is 0 Å². The van der Waals surface area contributed by atoms with Gasteiger partial charge in [0.1, 0.15) is 17.7 Å². The first-order chi connectivity index (χ1) is 8.00. The number of halogens is 2. The van der Waals surface area contributed by atoms with Gasteiger partial charge in [0.05, 0.1) is 0 Å². The highest BCUT2D eigenvalue weighted by Gasteiger charge is 2.19. The van der Waals surface area contributed by atoms with Gasteiger partial charge >= 0.3 is 0 Å². The molecule has 0 aliphatic rings. The van der Waals surface area contributed by atoms with E-state index in [2.05, 4.69) is 0 Å². The molecule has 1 nitrogen and oxygen atoms in total. The molecule has 4 heteroatoms. The molecular weight excluding hydrogens is 242 g/mol. The smallest absolute Gasteiger partial charge is 0.129 e. The lowest BCUT2D eigenvalue weighted by molar-refractivity contribution is 0.217. The topological polar surface area (TPSA) is 20.2 Å². The van der Waals surface area contributed by atoms with E-state index in [1.807, 2.05) is 18.4 Å². The highest BCUT2D eigenvalue weighted by Crippen LogP contribution is 2.31. The van der Waals surface area contributed by atoms with Crippen molar-refractivity contribution < 1.29 is 13.9 Å². The first-order valence-corrected chi connectivity index (χ1v) is 6.06.